The molecule has 25 heavy (non-hydrogen) atoms. The van der Waals surface area contributed by atoms with Crippen LogP contribution in [0.25, 0.3) is 0 Å². The van der Waals surface area contributed by atoms with E-state index in [-0.39, 0.29) is 9.79 Å². The molecule has 0 aliphatic rings. The van der Waals surface area contributed by atoms with E-state index in [1.54, 1.807) is 60.1 Å². The van der Waals surface area contributed by atoms with Crippen molar-refractivity contribution >= 4 is 38.3 Å². The number of rotatable bonds is 5. The van der Waals surface area contributed by atoms with Gasteiger partial charge in [0, 0.05) is 5.38 Å². The third-order valence-electron chi connectivity index (χ3n) is 3.42. The summed E-state index contributed by atoms with van der Waals surface area (Å²) in [5, 5.41) is 6.35. The minimum Gasteiger partial charge on any atom is -0.383 e. The van der Waals surface area contributed by atoms with Crippen molar-refractivity contribution in [2.45, 2.75) is 16.7 Å². The van der Waals surface area contributed by atoms with Crippen molar-refractivity contribution in [2.75, 3.05) is 11.2 Å². The number of hydrogen-bond acceptors (Lipinski definition) is 7. The number of hydrazone groups is 1. The lowest BCUT2D eigenvalue weighted by atomic mass is 10.2. The van der Waals surface area contributed by atoms with Gasteiger partial charge in [0.05, 0.1) is 16.0 Å². The normalized spacial score (nSPS) is 11.7. The largest absolute Gasteiger partial charge is 0.383 e. The van der Waals surface area contributed by atoms with Crippen molar-refractivity contribution in [1.82, 2.24) is 4.98 Å². The Labute approximate surface area is 150 Å². The maximum absolute atomic E-state index is 12.6. The van der Waals surface area contributed by atoms with Gasteiger partial charge in [-0.05, 0) is 36.8 Å². The van der Waals surface area contributed by atoms with Crippen LogP contribution in [-0.2, 0) is 9.84 Å². The smallest absolute Gasteiger partial charge is 0.206 e. The van der Waals surface area contributed by atoms with E-state index in [1.807, 2.05) is 6.92 Å². The van der Waals surface area contributed by atoms with Gasteiger partial charge in [-0.1, -0.05) is 29.8 Å². The number of aryl methyl sites for hydroxylation is 1. The molecule has 0 saturated carbocycles. The number of sulfone groups is 1. The van der Waals surface area contributed by atoms with Crippen molar-refractivity contribution in [3.8, 4) is 0 Å². The number of nitrogens with two attached hydrogens (primary N) is 1. The number of thiazole rings is 1. The van der Waals surface area contributed by atoms with Crippen molar-refractivity contribution in [1.29, 1.82) is 0 Å². The molecule has 3 rings (SSSR count). The Morgan fingerprint density at radius 2 is 1.68 bits per heavy atom. The zero-order valence-electron chi connectivity index (χ0n) is 13.4. The molecule has 128 valence electrons. The average Bonchev–Trinajstić information content (AvgIpc) is 3.01. The van der Waals surface area contributed by atoms with Gasteiger partial charge in [-0.2, -0.15) is 5.10 Å². The predicted octanol–water partition coefficient (Wildman–Crippen LogP) is 3.31. The molecule has 0 fully saturated rings. The molecule has 0 bridgehead atoms. The lowest BCUT2D eigenvalue weighted by Crippen LogP contribution is -2.02. The number of hydrogen-bond donors (Lipinski definition) is 2. The van der Waals surface area contributed by atoms with Gasteiger partial charge in [0.15, 0.2) is 0 Å². The third-order valence-corrected chi connectivity index (χ3v) is 5.97. The number of nitrogen functional groups attached to an aromatic ring is 1. The van der Waals surface area contributed by atoms with Crippen molar-refractivity contribution in [3.63, 3.8) is 0 Å². The lowest BCUT2D eigenvalue weighted by Gasteiger charge is -2.05. The van der Waals surface area contributed by atoms with Crippen molar-refractivity contribution in [3.05, 3.63) is 65.0 Å². The van der Waals surface area contributed by atoms with Crippen LogP contribution in [0.2, 0.25) is 0 Å². The standard InChI is InChI=1S/C17H16N4O2S2/c1-12-2-6-14(7-3-12)25(22,23)15-8-4-13(5-9-15)10-19-21-17-20-16(18)11-24-17/h2-11H,18H2,1H3,(H,20,21). The predicted molar refractivity (Wildman–Crippen MR) is 101 cm³/mol. The van der Waals surface area contributed by atoms with Crippen LogP contribution >= 0.6 is 11.3 Å². The summed E-state index contributed by atoms with van der Waals surface area (Å²) < 4.78 is 25.2. The summed E-state index contributed by atoms with van der Waals surface area (Å²) in [6, 6.07) is 13.3. The highest BCUT2D eigenvalue weighted by atomic mass is 32.2. The quantitative estimate of drug-likeness (QED) is 0.529. The maximum Gasteiger partial charge on any atom is 0.206 e. The summed E-state index contributed by atoms with van der Waals surface area (Å²) in [5.74, 6) is 0.438. The Kier molecular flexibility index (Phi) is 4.82. The summed E-state index contributed by atoms with van der Waals surface area (Å²) in [7, 11) is -3.52. The topological polar surface area (TPSA) is 97.4 Å². The molecule has 0 radical (unpaired) electrons. The molecule has 1 heterocycles. The van der Waals surface area contributed by atoms with E-state index in [1.165, 1.54) is 11.3 Å². The fourth-order valence-corrected chi connectivity index (χ4v) is 3.90. The van der Waals surface area contributed by atoms with E-state index >= 15 is 0 Å². The van der Waals surface area contributed by atoms with Gasteiger partial charge >= 0.3 is 0 Å². The van der Waals surface area contributed by atoms with E-state index in [0.717, 1.165) is 11.1 Å². The van der Waals surface area contributed by atoms with Crippen LogP contribution in [0, 0.1) is 6.92 Å². The number of nitrogens with zero attached hydrogens (tertiary/aromatic N) is 2. The fraction of sp³-hybridized carbons (Fsp3) is 0.0588. The molecule has 3 N–H and O–H groups in total. The molecule has 0 atom stereocenters. The maximum atomic E-state index is 12.6. The second-order valence-electron chi connectivity index (χ2n) is 5.33. The van der Waals surface area contributed by atoms with Crippen LogP contribution in [0.3, 0.4) is 0 Å². The monoisotopic (exact) mass is 372 g/mol. The summed E-state index contributed by atoms with van der Waals surface area (Å²) >= 11 is 1.35. The number of nitrogens with one attached hydrogen (secondary N) is 1. The van der Waals surface area contributed by atoms with Gasteiger partial charge < -0.3 is 5.73 Å². The summed E-state index contributed by atoms with van der Waals surface area (Å²) in [4.78, 5) is 4.54. The number of aromatic nitrogens is 1. The average molecular weight is 372 g/mol. The Hall–Kier alpha value is -2.71. The molecule has 8 heteroatoms. The zero-order chi connectivity index (χ0) is 17.9. The van der Waals surface area contributed by atoms with Gasteiger partial charge in [0.25, 0.3) is 0 Å². The molecular weight excluding hydrogens is 356 g/mol. The first-order chi connectivity index (χ1) is 11.9. The minimum atomic E-state index is -3.52. The van der Waals surface area contributed by atoms with Gasteiger partial charge in [0.1, 0.15) is 5.82 Å². The van der Waals surface area contributed by atoms with E-state index in [2.05, 4.69) is 15.5 Å². The van der Waals surface area contributed by atoms with Crippen molar-refractivity contribution in [2.24, 2.45) is 5.10 Å². The second-order valence-corrected chi connectivity index (χ2v) is 8.14. The second kappa shape index (κ2) is 7.04. The fourth-order valence-electron chi connectivity index (χ4n) is 2.09. The number of benzene rings is 2. The minimum absolute atomic E-state index is 0.245. The lowest BCUT2D eigenvalue weighted by molar-refractivity contribution is 0.596. The van der Waals surface area contributed by atoms with E-state index in [0.29, 0.717) is 10.9 Å². The summed E-state index contributed by atoms with van der Waals surface area (Å²) in [6.07, 6.45) is 1.58. The van der Waals surface area contributed by atoms with Crippen LogP contribution in [0.1, 0.15) is 11.1 Å². The summed E-state index contributed by atoms with van der Waals surface area (Å²) in [6.45, 7) is 1.92. The Bertz CT molecular complexity index is 992. The van der Waals surface area contributed by atoms with Crippen LogP contribution in [-0.4, -0.2) is 19.6 Å². The summed E-state index contributed by atoms with van der Waals surface area (Å²) in [5.41, 5.74) is 10.1. The first kappa shape index (κ1) is 17.1. The first-order valence-electron chi connectivity index (χ1n) is 7.37. The SMILES string of the molecule is Cc1ccc(S(=O)(=O)c2ccc(C=NNc3nc(N)cs3)cc2)cc1. The molecule has 0 unspecified atom stereocenters. The van der Waals surface area contributed by atoms with Gasteiger partial charge in [-0.15, -0.1) is 11.3 Å². The number of anilines is 2. The molecule has 0 amide bonds. The van der Waals surface area contributed by atoms with Crippen LogP contribution in [0.15, 0.2) is 68.8 Å². The third kappa shape index (κ3) is 4.04. The molecule has 1 aromatic heterocycles. The highest BCUT2D eigenvalue weighted by Crippen LogP contribution is 2.21. The molecule has 2 aromatic carbocycles. The van der Waals surface area contributed by atoms with Gasteiger partial charge in [-0.25, -0.2) is 13.4 Å². The Balaban J connectivity index is 1.74. The molecule has 0 saturated heterocycles. The Morgan fingerprint density at radius 3 is 2.24 bits per heavy atom. The van der Waals surface area contributed by atoms with Crippen LogP contribution < -0.4 is 11.2 Å². The van der Waals surface area contributed by atoms with Gasteiger partial charge in [0.2, 0.25) is 15.0 Å². The first-order valence-corrected chi connectivity index (χ1v) is 9.73. The molecule has 6 nitrogen and oxygen atoms in total. The van der Waals surface area contributed by atoms with E-state index in [9.17, 15) is 8.42 Å². The zero-order valence-corrected chi connectivity index (χ0v) is 15.0. The molecule has 0 spiro atoms. The molecule has 0 aliphatic heterocycles. The molecule has 3 aromatic rings. The molecular formula is C17H16N4O2S2. The van der Waals surface area contributed by atoms with Crippen LogP contribution in [0.4, 0.5) is 10.9 Å². The van der Waals surface area contributed by atoms with Crippen LogP contribution in [0.5, 0.6) is 0 Å². The highest BCUT2D eigenvalue weighted by molar-refractivity contribution is 7.91. The Morgan fingerprint density at radius 1 is 1.08 bits per heavy atom. The highest BCUT2D eigenvalue weighted by Gasteiger charge is 2.16. The van der Waals surface area contributed by atoms with E-state index < -0.39 is 9.84 Å². The van der Waals surface area contributed by atoms with Gasteiger partial charge in [-0.3, -0.25) is 5.43 Å². The van der Waals surface area contributed by atoms with E-state index in [4.69, 9.17) is 5.73 Å². The molecule has 0 aliphatic carbocycles. The van der Waals surface area contributed by atoms with Crippen molar-refractivity contribution < 1.29 is 8.42 Å².